The van der Waals surface area contributed by atoms with Crippen LogP contribution in [0, 0.1) is 23.0 Å². The van der Waals surface area contributed by atoms with Gasteiger partial charge in [0.05, 0.1) is 4.92 Å². The Hall–Kier alpha value is -2.48. The summed E-state index contributed by atoms with van der Waals surface area (Å²) in [6, 6.07) is 4.85. The van der Waals surface area contributed by atoms with Crippen molar-refractivity contribution in [2.45, 2.75) is 51.5 Å². The number of carbonyl (C=O) groups excluding carboxylic acids is 2. The first-order chi connectivity index (χ1) is 13.4. The number of amides is 2. The molecule has 28 heavy (non-hydrogen) atoms. The Kier molecular flexibility index (Phi) is 6.61. The van der Waals surface area contributed by atoms with Crippen LogP contribution >= 0.6 is 0 Å². The highest BCUT2D eigenvalue weighted by Crippen LogP contribution is 2.27. The molecule has 1 aromatic rings. The average molecular weight is 388 g/mol. The van der Waals surface area contributed by atoms with Gasteiger partial charge >= 0.3 is 11.8 Å². The van der Waals surface area contributed by atoms with Gasteiger partial charge in [-0.3, -0.25) is 19.7 Å². The fourth-order valence-corrected chi connectivity index (χ4v) is 4.19. The minimum atomic E-state index is -0.750. The second-order valence-electron chi connectivity index (χ2n) is 7.84. The number of nitro groups is 1. The highest BCUT2D eigenvalue weighted by atomic mass is 16.6. The summed E-state index contributed by atoms with van der Waals surface area (Å²) in [5.74, 6) is -1.02. The van der Waals surface area contributed by atoms with Crippen molar-refractivity contribution in [3.8, 4) is 0 Å². The number of nitro benzene ring substituents is 1. The number of rotatable bonds is 5. The molecule has 2 fully saturated rings. The summed E-state index contributed by atoms with van der Waals surface area (Å²) >= 11 is 0. The zero-order chi connectivity index (χ0) is 20.1. The molecule has 8 heteroatoms. The largest absolute Gasteiger partial charge is 0.348 e. The maximum atomic E-state index is 12.1. The van der Waals surface area contributed by atoms with Gasteiger partial charge in [0.2, 0.25) is 0 Å². The normalized spacial score (nSPS) is 18.8. The van der Waals surface area contributed by atoms with E-state index in [1.165, 1.54) is 43.9 Å². The van der Waals surface area contributed by atoms with Crippen LogP contribution in [0.5, 0.6) is 0 Å². The van der Waals surface area contributed by atoms with Gasteiger partial charge in [-0.15, -0.1) is 0 Å². The molecular weight excluding hydrogens is 360 g/mol. The topological polar surface area (TPSA) is 105 Å². The molecule has 0 aromatic heterocycles. The number of nitrogens with zero attached hydrogens (tertiary/aromatic N) is 2. The number of hydrogen-bond acceptors (Lipinski definition) is 5. The van der Waals surface area contributed by atoms with Gasteiger partial charge in [-0.1, -0.05) is 12.8 Å². The molecule has 0 unspecified atom stereocenters. The van der Waals surface area contributed by atoms with Crippen LogP contribution in [0.4, 0.5) is 11.4 Å². The van der Waals surface area contributed by atoms with Crippen LogP contribution in [-0.2, 0) is 9.59 Å². The Morgan fingerprint density at radius 1 is 1.14 bits per heavy atom. The predicted octanol–water partition coefficient (Wildman–Crippen LogP) is 2.61. The van der Waals surface area contributed by atoms with Gasteiger partial charge in [0, 0.05) is 30.4 Å². The van der Waals surface area contributed by atoms with Crippen molar-refractivity contribution in [2.24, 2.45) is 5.92 Å². The molecule has 1 aromatic carbocycles. The fourth-order valence-electron chi connectivity index (χ4n) is 4.19. The molecule has 2 aliphatic rings. The summed E-state index contributed by atoms with van der Waals surface area (Å²) in [6.45, 7) is 4.29. The van der Waals surface area contributed by atoms with Crippen LogP contribution in [0.15, 0.2) is 18.2 Å². The van der Waals surface area contributed by atoms with E-state index in [-0.39, 0.29) is 5.69 Å². The molecule has 8 nitrogen and oxygen atoms in total. The lowest BCUT2D eigenvalue weighted by molar-refractivity contribution is -0.384. The maximum Gasteiger partial charge on any atom is 0.313 e. The van der Waals surface area contributed by atoms with Gasteiger partial charge in [0.15, 0.2) is 0 Å². The van der Waals surface area contributed by atoms with Gasteiger partial charge in [-0.2, -0.15) is 0 Å². The second-order valence-corrected chi connectivity index (χ2v) is 7.84. The zero-order valence-corrected chi connectivity index (χ0v) is 16.3. The lowest BCUT2D eigenvalue weighted by Gasteiger charge is -2.36. The van der Waals surface area contributed by atoms with Crippen molar-refractivity contribution < 1.29 is 14.5 Å². The molecule has 1 aliphatic heterocycles. The van der Waals surface area contributed by atoms with E-state index < -0.39 is 16.7 Å². The van der Waals surface area contributed by atoms with E-state index in [0.717, 1.165) is 32.0 Å². The fraction of sp³-hybridized carbons (Fsp3) is 0.600. The summed E-state index contributed by atoms with van der Waals surface area (Å²) < 4.78 is 0. The number of benzene rings is 1. The quantitative estimate of drug-likeness (QED) is 0.458. The third-order valence-corrected chi connectivity index (χ3v) is 5.92. The first kappa shape index (κ1) is 20.3. The van der Waals surface area contributed by atoms with E-state index in [4.69, 9.17) is 0 Å². The number of nitrogens with one attached hydrogen (secondary N) is 2. The average Bonchev–Trinajstić information content (AvgIpc) is 3.22. The van der Waals surface area contributed by atoms with E-state index in [1.54, 1.807) is 6.92 Å². The molecule has 1 heterocycles. The number of likely N-dealkylation sites (tertiary alicyclic amines) is 1. The van der Waals surface area contributed by atoms with Crippen LogP contribution < -0.4 is 10.6 Å². The molecule has 1 aliphatic carbocycles. The predicted molar refractivity (Wildman–Crippen MR) is 106 cm³/mol. The maximum absolute atomic E-state index is 12.1. The Bertz CT molecular complexity index is 738. The molecule has 0 radical (unpaired) electrons. The summed E-state index contributed by atoms with van der Waals surface area (Å²) in [7, 11) is 0. The number of piperidine rings is 1. The van der Waals surface area contributed by atoms with Gasteiger partial charge in [0.1, 0.15) is 0 Å². The zero-order valence-electron chi connectivity index (χ0n) is 16.3. The molecule has 2 amide bonds. The van der Waals surface area contributed by atoms with Gasteiger partial charge < -0.3 is 15.5 Å². The van der Waals surface area contributed by atoms with Crippen molar-refractivity contribution >= 4 is 23.2 Å². The molecular formula is C20H28N4O4. The van der Waals surface area contributed by atoms with E-state index in [9.17, 15) is 19.7 Å². The third-order valence-electron chi connectivity index (χ3n) is 5.92. The lowest BCUT2D eigenvalue weighted by atomic mass is 9.95. The summed E-state index contributed by atoms with van der Waals surface area (Å²) in [5.41, 5.74) is 0.883. The van der Waals surface area contributed by atoms with Gasteiger partial charge in [-0.25, -0.2) is 0 Å². The molecule has 0 atom stereocenters. The first-order valence-electron chi connectivity index (χ1n) is 10.0. The van der Waals surface area contributed by atoms with E-state index in [1.807, 2.05) is 0 Å². The number of anilines is 1. The molecule has 3 rings (SSSR count). The van der Waals surface area contributed by atoms with Gasteiger partial charge in [-0.05, 0) is 63.2 Å². The van der Waals surface area contributed by atoms with Crippen molar-refractivity contribution in [1.29, 1.82) is 0 Å². The van der Waals surface area contributed by atoms with Crippen LogP contribution in [0.3, 0.4) is 0 Å². The molecule has 0 bridgehead atoms. The first-order valence-corrected chi connectivity index (χ1v) is 10.0. The summed E-state index contributed by atoms with van der Waals surface area (Å²) in [4.78, 5) is 37.1. The smallest absolute Gasteiger partial charge is 0.313 e. The Morgan fingerprint density at radius 3 is 2.43 bits per heavy atom. The number of aryl methyl sites for hydroxylation is 1. The Balaban J connectivity index is 1.42. The highest BCUT2D eigenvalue weighted by molar-refractivity contribution is 6.39. The van der Waals surface area contributed by atoms with Crippen LogP contribution in [0.25, 0.3) is 0 Å². The van der Waals surface area contributed by atoms with E-state index in [2.05, 4.69) is 15.5 Å². The van der Waals surface area contributed by atoms with E-state index in [0.29, 0.717) is 23.7 Å². The number of non-ortho nitro benzene ring substituents is 1. The monoisotopic (exact) mass is 388 g/mol. The summed E-state index contributed by atoms with van der Waals surface area (Å²) in [5, 5.41) is 16.0. The number of carbonyl (C=O) groups is 2. The summed E-state index contributed by atoms with van der Waals surface area (Å²) in [6.07, 6.45) is 7.38. The molecule has 0 spiro atoms. The SMILES string of the molecule is Cc1cc([N+](=O)[O-])ccc1NC(=O)C(=O)NCC1CCN(C2CCCC2)CC1. The van der Waals surface area contributed by atoms with Crippen molar-refractivity contribution in [2.75, 3.05) is 25.0 Å². The number of hydrogen-bond donors (Lipinski definition) is 2. The van der Waals surface area contributed by atoms with E-state index >= 15 is 0 Å². The van der Waals surface area contributed by atoms with Gasteiger partial charge in [0.25, 0.3) is 5.69 Å². The molecule has 152 valence electrons. The standard InChI is InChI=1S/C20H28N4O4/c1-14-12-17(24(27)28)6-7-18(14)22-20(26)19(25)21-13-15-8-10-23(11-9-15)16-4-2-3-5-16/h6-7,12,15-16H,2-5,8-11,13H2,1H3,(H,21,25)(H,22,26). The van der Waals surface area contributed by atoms with Crippen molar-refractivity contribution in [1.82, 2.24) is 10.2 Å². The molecule has 2 N–H and O–H groups in total. The lowest BCUT2D eigenvalue weighted by Crippen LogP contribution is -2.44. The van der Waals surface area contributed by atoms with Crippen molar-refractivity contribution in [3.63, 3.8) is 0 Å². The molecule has 1 saturated carbocycles. The van der Waals surface area contributed by atoms with Crippen LogP contribution in [0.1, 0.15) is 44.1 Å². The Morgan fingerprint density at radius 2 is 1.82 bits per heavy atom. The Labute approximate surface area is 164 Å². The van der Waals surface area contributed by atoms with Crippen LogP contribution in [0.2, 0.25) is 0 Å². The molecule has 1 saturated heterocycles. The van der Waals surface area contributed by atoms with Crippen molar-refractivity contribution in [3.05, 3.63) is 33.9 Å². The van der Waals surface area contributed by atoms with Crippen LogP contribution in [-0.4, -0.2) is 47.3 Å². The highest BCUT2D eigenvalue weighted by Gasteiger charge is 2.27. The second kappa shape index (κ2) is 9.14. The minimum absolute atomic E-state index is 0.0519. The third kappa shape index (κ3) is 5.07. The minimum Gasteiger partial charge on any atom is -0.348 e.